The normalized spacial score (nSPS) is 15.7. The topological polar surface area (TPSA) is 42.0 Å². The number of carbonyl (C=O) groups excluding carboxylic acids is 1. The third-order valence-corrected chi connectivity index (χ3v) is 4.52. The van der Waals surface area contributed by atoms with E-state index in [1.807, 2.05) is 55.5 Å². The molecular weight excluding hydrogens is 348 g/mol. The molecule has 1 saturated heterocycles. The van der Waals surface area contributed by atoms with Crippen LogP contribution in [-0.4, -0.2) is 36.7 Å². The molecule has 5 nitrogen and oxygen atoms in total. The monoisotopic (exact) mass is 368 g/mol. The number of thiocarbonyl (C=S) groups is 1. The predicted octanol–water partition coefficient (Wildman–Crippen LogP) is 3.70. The van der Waals surface area contributed by atoms with Crippen LogP contribution in [0.5, 0.6) is 11.5 Å². The summed E-state index contributed by atoms with van der Waals surface area (Å²) in [6, 6.07) is 14.9. The minimum Gasteiger partial charge on any atom is -0.493 e. The van der Waals surface area contributed by atoms with E-state index in [2.05, 4.69) is 0 Å². The van der Waals surface area contributed by atoms with Gasteiger partial charge in [-0.1, -0.05) is 24.3 Å². The number of anilines is 1. The molecular formula is C20H20N2O3S. The Balaban J connectivity index is 1.96. The van der Waals surface area contributed by atoms with Gasteiger partial charge in [0.05, 0.1) is 19.4 Å². The van der Waals surface area contributed by atoms with Crippen LogP contribution >= 0.6 is 12.2 Å². The van der Waals surface area contributed by atoms with E-state index in [4.69, 9.17) is 21.7 Å². The maximum Gasteiger partial charge on any atom is 0.281 e. The van der Waals surface area contributed by atoms with Gasteiger partial charge in [0.25, 0.3) is 5.91 Å². The average Bonchev–Trinajstić information content (AvgIpc) is 2.87. The first kappa shape index (κ1) is 17.9. The summed E-state index contributed by atoms with van der Waals surface area (Å²) in [5.74, 6) is 1.14. The van der Waals surface area contributed by atoms with E-state index in [-0.39, 0.29) is 5.91 Å². The number of benzene rings is 2. The molecule has 1 amide bonds. The molecule has 0 unspecified atom stereocenters. The summed E-state index contributed by atoms with van der Waals surface area (Å²) in [6.45, 7) is 2.47. The molecule has 0 bridgehead atoms. The van der Waals surface area contributed by atoms with E-state index in [1.165, 1.54) is 4.90 Å². The number of hydrogen-bond donors (Lipinski definition) is 0. The fraction of sp³-hybridized carbons (Fsp3) is 0.200. The van der Waals surface area contributed by atoms with Gasteiger partial charge in [0.15, 0.2) is 16.6 Å². The zero-order chi connectivity index (χ0) is 18.7. The number of rotatable bonds is 5. The number of carbonyl (C=O) groups is 1. The predicted molar refractivity (Wildman–Crippen MR) is 106 cm³/mol. The van der Waals surface area contributed by atoms with Crippen molar-refractivity contribution in [3.05, 3.63) is 59.8 Å². The van der Waals surface area contributed by atoms with E-state index >= 15 is 0 Å². The number of amides is 1. The number of nitrogens with zero attached hydrogens (tertiary/aromatic N) is 2. The highest BCUT2D eigenvalue weighted by atomic mass is 32.1. The maximum absolute atomic E-state index is 12.9. The summed E-state index contributed by atoms with van der Waals surface area (Å²) in [5, 5.41) is 0.449. The highest BCUT2D eigenvalue weighted by Gasteiger charge is 2.36. The lowest BCUT2D eigenvalue weighted by molar-refractivity contribution is -0.114. The Kier molecular flexibility index (Phi) is 5.23. The van der Waals surface area contributed by atoms with E-state index in [0.717, 1.165) is 11.3 Å². The SMILES string of the molecule is CCOc1ccc(/C=C2/C(=O)N(c3ccccc3)C(=S)N2C)cc1OC. The van der Waals surface area contributed by atoms with E-state index < -0.39 is 0 Å². The summed E-state index contributed by atoms with van der Waals surface area (Å²) >= 11 is 5.46. The lowest BCUT2D eigenvalue weighted by Gasteiger charge is -2.16. The fourth-order valence-electron chi connectivity index (χ4n) is 2.77. The lowest BCUT2D eigenvalue weighted by Crippen LogP contribution is -2.30. The van der Waals surface area contributed by atoms with Crippen LogP contribution in [0.25, 0.3) is 6.08 Å². The van der Waals surface area contributed by atoms with Gasteiger partial charge in [-0.3, -0.25) is 9.69 Å². The van der Waals surface area contributed by atoms with Gasteiger partial charge >= 0.3 is 0 Å². The highest BCUT2D eigenvalue weighted by Crippen LogP contribution is 2.31. The van der Waals surface area contributed by atoms with Crippen LogP contribution in [0, 0.1) is 0 Å². The number of methoxy groups -OCH3 is 1. The fourth-order valence-corrected chi connectivity index (χ4v) is 3.05. The van der Waals surface area contributed by atoms with E-state index in [1.54, 1.807) is 25.1 Å². The van der Waals surface area contributed by atoms with Gasteiger partial charge in [-0.15, -0.1) is 0 Å². The Morgan fingerprint density at radius 1 is 1.12 bits per heavy atom. The summed E-state index contributed by atoms with van der Waals surface area (Å²) in [4.78, 5) is 16.2. The van der Waals surface area contributed by atoms with Crippen LogP contribution in [-0.2, 0) is 4.79 Å². The van der Waals surface area contributed by atoms with E-state index in [9.17, 15) is 4.79 Å². The van der Waals surface area contributed by atoms with Crippen LogP contribution in [0.4, 0.5) is 5.69 Å². The number of para-hydroxylation sites is 1. The molecule has 3 rings (SSSR count). The van der Waals surface area contributed by atoms with Gasteiger partial charge in [-0.2, -0.15) is 0 Å². The van der Waals surface area contributed by atoms with Crippen molar-refractivity contribution in [2.24, 2.45) is 0 Å². The van der Waals surface area contributed by atoms with Crippen LogP contribution < -0.4 is 14.4 Å². The first-order valence-corrected chi connectivity index (χ1v) is 8.67. The van der Waals surface area contributed by atoms with Crippen LogP contribution in [0.1, 0.15) is 12.5 Å². The molecule has 1 heterocycles. The zero-order valence-corrected chi connectivity index (χ0v) is 15.7. The number of hydrogen-bond acceptors (Lipinski definition) is 4. The molecule has 0 aromatic heterocycles. The van der Waals surface area contributed by atoms with Gasteiger partial charge in [0.2, 0.25) is 0 Å². The van der Waals surface area contributed by atoms with Crippen LogP contribution in [0.15, 0.2) is 54.2 Å². The standard InChI is InChI=1S/C20H20N2O3S/c1-4-25-17-11-10-14(13-18(17)24-3)12-16-19(23)22(20(26)21(16)2)15-8-6-5-7-9-15/h5-13H,4H2,1-3H3/b16-12-. The van der Waals surface area contributed by atoms with Crippen molar-refractivity contribution in [3.63, 3.8) is 0 Å². The molecule has 6 heteroatoms. The van der Waals surface area contributed by atoms with Crippen molar-refractivity contribution in [3.8, 4) is 11.5 Å². The molecule has 0 atom stereocenters. The molecule has 0 radical (unpaired) electrons. The van der Waals surface area contributed by atoms with E-state index in [0.29, 0.717) is 28.9 Å². The van der Waals surface area contributed by atoms with Crippen molar-refractivity contribution in [2.75, 3.05) is 25.7 Å². The largest absolute Gasteiger partial charge is 0.493 e. The molecule has 0 spiro atoms. The maximum atomic E-state index is 12.9. The first-order valence-electron chi connectivity index (χ1n) is 8.26. The molecule has 2 aromatic rings. The Morgan fingerprint density at radius 2 is 1.85 bits per heavy atom. The van der Waals surface area contributed by atoms with Gasteiger partial charge < -0.3 is 14.4 Å². The average molecular weight is 368 g/mol. The lowest BCUT2D eigenvalue weighted by atomic mass is 10.1. The van der Waals surface area contributed by atoms with Crippen LogP contribution in [0.2, 0.25) is 0 Å². The smallest absolute Gasteiger partial charge is 0.281 e. The van der Waals surface area contributed by atoms with Crippen LogP contribution in [0.3, 0.4) is 0 Å². The minimum absolute atomic E-state index is 0.156. The summed E-state index contributed by atoms with van der Waals surface area (Å²) in [5.41, 5.74) is 2.09. The molecule has 2 aromatic carbocycles. The molecule has 134 valence electrons. The second-order valence-electron chi connectivity index (χ2n) is 5.69. The molecule has 1 aliphatic rings. The molecule has 1 fully saturated rings. The molecule has 0 aliphatic carbocycles. The summed E-state index contributed by atoms with van der Waals surface area (Å²) < 4.78 is 10.9. The third kappa shape index (κ3) is 3.28. The van der Waals surface area contributed by atoms with Gasteiger partial charge in [-0.25, -0.2) is 0 Å². The minimum atomic E-state index is -0.156. The first-order chi connectivity index (χ1) is 12.6. The summed E-state index contributed by atoms with van der Waals surface area (Å²) in [7, 11) is 3.38. The molecule has 1 aliphatic heterocycles. The van der Waals surface area contributed by atoms with Crippen molar-refractivity contribution in [1.82, 2.24) is 4.90 Å². The third-order valence-electron chi connectivity index (χ3n) is 4.07. The highest BCUT2D eigenvalue weighted by molar-refractivity contribution is 7.80. The Bertz CT molecular complexity index is 865. The van der Waals surface area contributed by atoms with Gasteiger partial charge in [0, 0.05) is 7.05 Å². The number of ether oxygens (including phenoxy) is 2. The molecule has 0 N–H and O–H groups in total. The summed E-state index contributed by atoms with van der Waals surface area (Å²) in [6.07, 6.45) is 1.80. The van der Waals surface area contributed by atoms with Crippen molar-refractivity contribution in [2.45, 2.75) is 6.92 Å². The van der Waals surface area contributed by atoms with Gasteiger partial charge in [-0.05, 0) is 55.0 Å². The second kappa shape index (κ2) is 7.58. The van der Waals surface area contributed by atoms with Crippen molar-refractivity contribution in [1.29, 1.82) is 0 Å². The number of likely N-dealkylation sites (N-methyl/N-ethyl adjacent to an activating group) is 1. The molecule has 26 heavy (non-hydrogen) atoms. The Labute approximate surface area is 158 Å². The van der Waals surface area contributed by atoms with Gasteiger partial charge in [0.1, 0.15) is 5.70 Å². The van der Waals surface area contributed by atoms with Crippen molar-refractivity contribution >= 4 is 35.0 Å². The Hall–Kier alpha value is -2.86. The van der Waals surface area contributed by atoms with Crippen molar-refractivity contribution < 1.29 is 14.3 Å². The second-order valence-corrected chi connectivity index (χ2v) is 6.06. The Morgan fingerprint density at radius 3 is 2.50 bits per heavy atom. The quantitative estimate of drug-likeness (QED) is 0.595. The molecule has 0 saturated carbocycles. The zero-order valence-electron chi connectivity index (χ0n) is 14.9.